The average Bonchev–Trinajstić information content (AvgIpc) is 2.90. The number of halogens is 4. The molecule has 1 amide bonds. The van der Waals surface area contributed by atoms with Crippen LogP contribution in [0, 0.1) is 11.3 Å². The van der Waals surface area contributed by atoms with Crippen molar-refractivity contribution >= 4 is 27.8 Å². The summed E-state index contributed by atoms with van der Waals surface area (Å²) in [7, 11) is 0.848. The van der Waals surface area contributed by atoms with Crippen molar-refractivity contribution in [2.24, 2.45) is 11.3 Å². The van der Waals surface area contributed by atoms with Gasteiger partial charge in [-0.3, -0.25) is 9.59 Å². The van der Waals surface area contributed by atoms with E-state index < -0.39 is 35.6 Å². The lowest BCUT2D eigenvalue weighted by atomic mass is 9.75. The minimum Gasteiger partial charge on any atom is -0.468 e. The van der Waals surface area contributed by atoms with Gasteiger partial charge in [-0.2, -0.15) is 13.2 Å². The van der Waals surface area contributed by atoms with Crippen LogP contribution in [0.15, 0.2) is 0 Å². The third kappa shape index (κ3) is 1.86. The van der Waals surface area contributed by atoms with Gasteiger partial charge in [-0.15, -0.1) is 0 Å². The number of rotatable bonds is 3. The molecule has 0 aromatic heterocycles. The molecule has 3 atom stereocenters. The van der Waals surface area contributed by atoms with Gasteiger partial charge in [0.05, 0.1) is 7.11 Å². The van der Waals surface area contributed by atoms with Crippen LogP contribution in [-0.4, -0.2) is 54.8 Å². The molecule has 20 heavy (non-hydrogen) atoms. The monoisotopic (exact) mass is 359 g/mol. The van der Waals surface area contributed by atoms with Crippen LogP contribution in [0.4, 0.5) is 13.2 Å². The Labute approximate surface area is 121 Å². The van der Waals surface area contributed by atoms with E-state index in [0.29, 0.717) is 5.33 Å². The van der Waals surface area contributed by atoms with Gasteiger partial charge >= 0.3 is 12.1 Å². The van der Waals surface area contributed by atoms with Crippen LogP contribution in [0.1, 0.15) is 6.42 Å². The van der Waals surface area contributed by atoms with Gasteiger partial charge in [-0.25, -0.2) is 0 Å². The van der Waals surface area contributed by atoms with Gasteiger partial charge < -0.3 is 14.4 Å². The summed E-state index contributed by atoms with van der Waals surface area (Å²) in [6.07, 6.45) is -6.06. The average molecular weight is 360 g/mol. The number of methoxy groups -OCH3 is 1. The van der Waals surface area contributed by atoms with Crippen molar-refractivity contribution in [1.82, 2.24) is 4.90 Å². The Morgan fingerprint density at radius 2 is 2.25 bits per heavy atom. The fraction of sp³-hybridized carbons (Fsp3) is 0.818. The van der Waals surface area contributed by atoms with Crippen molar-refractivity contribution < 1.29 is 32.2 Å². The predicted octanol–water partition coefficient (Wildman–Crippen LogP) is 1.31. The first kappa shape index (κ1) is 15.6. The number of hydrogen-bond acceptors (Lipinski definition) is 4. The van der Waals surface area contributed by atoms with E-state index in [4.69, 9.17) is 4.74 Å². The van der Waals surface area contributed by atoms with Crippen LogP contribution in [0.5, 0.6) is 0 Å². The third-order valence-electron chi connectivity index (χ3n) is 3.80. The Morgan fingerprint density at radius 3 is 2.75 bits per heavy atom. The SMILES string of the molecule is COC(=O)C1(C(F)(F)F)C(=O)N(CCBr)C2OCCC21. The molecule has 0 saturated carbocycles. The Balaban J connectivity index is 2.55. The number of likely N-dealkylation sites (tertiary alicyclic amines) is 1. The second-order valence-corrected chi connectivity index (χ2v) is 5.43. The summed E-state index contributed by atoms with van der Waals surface area (Å²) in [5.41, 5.74) is -3.15. The first-order valence-electron chi connectivity index (χ1n) is 5.96. The number of carbonyl (C=O) groups is 2. The molecule has 0 spiro atoms. The van der Waals surface area contributed by atoms with Crippen LogP contribution < -0.4 is 0 Å². The molecule has 0 bridgehead atoms. The predicted molar refractivity (Wildman–Crippen MR) is 63.9 cm³/mol. The Hall–Kier alpha value is -0.830. The maximum absolute atomic E-state index is 13.5. The minimum atomic E-state index is -5.02. The Bertz CT molecular complexity index is 430. The molecule has 9 heteroatoms. The van der Waals surface area contributed by atoms with Crippen molar-refractivity contribution in [3.63, 3.8) is 0 Å². The van der Waals surface area contributed by atoms with E-state index >= 15 is 0 Å². The van der Waals surface area contributed by atoms with Gasteiger partial charge in [-0.05, 0) is 6.42 Å². The highest BCUT2D eigenvalue weighted by Crippen LogP contribution is 2.56. The summed E-state index contributed by atoms with van der Waals surface area (Å²) in [5.74, 6) is -4.11. The molecule has 114 valence electrons. The fourth-order valence-corrected chi connectivity index (χ4v) is 3.36. The van der Waals surface area contributed by atoms with Gasteiger partial charge in [0.2, 0.25) is 5.41 Å². The normalized spacial score (nSPS) is 33.5. The minimum absolute atomic E-state index is 0.0101. The van der Waals surface area contributed by atoms with Gasteiger partial charge in [0, 0.05) is 24.4 Å². The highest BCUT2D eigenvalue weighted by molar-refractivity contribution is 9.09. The molecular formula is C11H13BrF3NO4. The molecule has 5 nitrogen and oxygen atoms in total. The maximum Gasteiger partial charge on any atom is 0.414 e. The van der Waals surface area contributed by atoms with E-state index in [1.54, 1.807) is 0 Å². The van der Waals surface area contributed by atoms with E-state index in [0.717, 1.165) is 12.0 Å². The first-order chi connectivity index (χ1) is 9.32. The topological polar surface area (TPSA) is 55.8 Å². The lowest BCUT2D eigenvalue weighted by molar-refractivity contribution is -0.237. The van der Waals surface area contributed by atoms with Crippen molar-refractivity contribution in [3.05, 3.63) is 0 Å². The van der Waals surface area contributed by atoms with Crippen molar-refractivity contribution in [2.75, 3.05) is 25.6 Å². The number of amides is 1. The van der Waals surface area contributed by atoms with Gasteiger partial charge in [-0.1, -0.05) is 15.9 Å². The number of esters is 1. The summed E-state index contributed by atoms with van der Waals surface area (Å²) >= 11 is 3.08. The number of alkyl halides is 4. The smallest absolute Gasteiger partial charge is 0.414 e. The molecule has 0 aromatic rings. The molecular weight excluding hydrogens is 347 g/mol. The maximum atomic E-state index is 13.5. The van der Waals surface area contributed by atoms with E-state index in [1.807, 2.05) is 0 Å². The lowest BCUT2D eigenvalue weighted by Gasteiger charge is -2.30. The molecule has 2 heterocycles. The van der Waals surface area contributed by atoms with E-state index in [2.05, 4.69) is 20.7 Å². The lowest BCUT2D eigenvalue weighted by Crippen LogP contribution is -2.55. The molecule has 2 aliphatic heterocycles. The molecule has 3 unspecified atom stereocenters. The Morgan fingerprint density at radius 1 is 1.60 bits per heavy atom. The van der Waals surface area contributed by atoms with E-state index in [1.165, 1.54) is 0 Å². The summed E-state index contributed by atoms with van der Waals surface area (Å²) in [6, 6.07) is 0. The van der Waals surface area contributed by atoms with Gasteiger partial charge in [0.15, 0.2) is 0 Å². The van der Waals surface area contributed by atoms with Crippen LogP contribution in [0.2, 0.25) is 0 Å². The molecule has 0 N–H and O–H groups in total. The molecule has 2 fully saturated rings. The first-order valence-corrected chi connectivity index (χ1v) is 7.08. The molecule has 2 saturated heterocycles. The van der Waals surface area contributed by atoms with Crippen LogP contribution in [0.25, 0.3) is 0 Å². The van der Waals surface area contributed by atoms with Crippen molar-refractivity contribution in [1.29, 1.82) is 0 Å². The number of hydrogen-bond donors (Lipinski definition) is 0. The van der Waals surface area contributed by atoms with Crippen LogP contribution in [0.3, 0.4) is 0 Å². The molecule has 0 aliphatic carbocycles. The van der Waals surface area contributed by atoms with E-state index in [9.17, 15) is 22.8 Å². The van der Waals surface area contributed by atoms with E-state index in [-0.39, 0.29) is 19.6 Å². The quantitative estimate of drug-likeness (QED) is 0.433. The fourth-order valence-electron chi connectivity index (χ4n) is 2.98. The van der Waals surface area contributed by atoms with Gasteiger partial charge in [0.1, 0.15) is 6.23 Å². The highest BCUT2D eigenvalue weighted by atomic mass is 79.9. The highest BCUT2D eigenvalue weighted by Gasteiger charge is 2.78. The molecule has 0 radical (unpaired) electrons. The zero-order valence-electron chi connectivity index (χ0n) is 10.6. The molecule has 2 rings (SSSR count). The largest absolute Gasteiger partial charge is 0.468 e. The van der Waals surface area contributed by atoms with Gasteiger partial charge in [0.25, 0.3) is 5.91 Å². The summed E-state index contributed by atoms with van der Waals surface area (Å²) in [4.78, 5) is 25.1. The van der Waals surface area contributed by atoms with Crippen LogP contribution >= 0.6 is 15.9 Å². The zero-order chi connectivity index (χ0) is 15.1. The number of nitrogens with zero attached hydrogens (tertiary/aromatic N) is 1. The van der Waals surface area contributed by atoms with Crippen molar-refractivity contribution in [2.45, 2.75) is 18.8 Å². The molecule has 2 aliphatic rings. The summed E-state index contributed by atoms with van der Waals surface area (Å²) < 4.78 is 50.1. The number of carbonyl (C=O) groups excluding carboxylic acids is 2. The second-order valence-electron chi connectivity index (χ2n) is 4.64. The number of fused-ring (bicyclic) bond motifs is 1. The van der Waals surface area contributed by atoms with Crippen molar-refractivity contribution in [3.8, 4) is 0 Å². The second kappa shape index (κ2) is 5.18. The third-order valence-corrected chi connectivity index (χ3v) is 4.16. The summed E-state index contributed by atoms with van der Waals surface area (Å²) in [6.45, 7) is 0.116. The summed E-state index contributed by atoms with van der Waals surface area (Å²) in [5, 5.41) is 0.292. The molecule has 0 aromatic carbocycles. The van der Waals surface area contributed by atoms with Crippen LogP contribution in [-0.2, 0) is 19.1 Å². The number of ether oxygens (including phenoxy) is 2. The zero-order valence-corrected chi connectivity index (χ0v) is 12.2. The standard InChI is InChI=1S/C11H13BrF3NO4/c1-19-9(18)10(11(13,14)15)6-2-5-20-7(6)16(4-3-12)8(10)17/h6-7H,2-5H2,1H3. The Kier molecular flexibility index (Phi) is 4.03.